The topological polar surface area (TPSA) is 76.7 Å². The second-order valence-corrected chi connectivity index (χ2v) is 6.75. The minimum atomic E-state index is -0.746. The van der Waals surface area contributed by atoms with Crippen molar-refractivity contribution in [1.82, 2.24) is 10.6 Å². The fourth-order valence-electron chi connectivity index (χ4n) is 2.49. The number of hydrogen-bond acceptors (Lipinski definition) is 4. The fourth-order valence-corrected chi connectivity index (χ4v) is 3.00. The summed E-state index contributed by atoms with van der Waals surface area (Å²) in [6.07, 6.45) is 0. The molecule has 0 aliphatic rings. The molecule has 150 valence electrons. The number of ether oxygens (including phenoxy) is 2. The molecule has 2 N–H and O–H groups in total. The predicted octanol–water partition coefficient (Wildman–Crippen LogP) is 3.84. The molecule has 0 saturated carbocycles. The molecule has 6 nitrogen and oxygen atoms in total. The van der Waals surface area contributed by atoms with E-state index in [9.17, 15) is 9.59 Å². The number of rotatable bonds is 8. The molecule has 1 atom stereocenters. The van der Waals surface area contributed by atoms with E-state index < -0.39 is 11.9 Å². The Morgan fingerprint density at radius 1 is 1.14 bits per heavy atom. The lowest BCUT2D eigenvalue weighted by Gasteiger charge is -2.16. The van der Waals surface area contributed by atoms with Gasteiger partial charge in [0, 0.05) is 6.54 Å². The van der Waals surface area contributed by atoms with Gasteiger partial charge in [-0.1, -0.05) is 35.3 Å². The predicted molar refractivity (Wildman–Crippen MR) is 109 cm³/mol. The summed E-state index contributed by atoms with van der Waals surface area (Å²) in [7, 11) is 1.52. The number of methoxy groups -OCH3 is 1. The van der Waals surface area contributed by atoms with Crippen LogP contribution in [0.2, 0.25) is 10.0 Å². The second kappa shape index (κ2) is 10.2. The molecule has 0 aliphatic carbocycles. The lowest BCUT2D eigenvalue weighted by Crippen LogP contribution is -2.44. The zero-order valence-corrected chi connectivity index (χ0v) is 17.4. The van der Waals surface area contributed by atoms with E-state index in [4.69, 9.17) is 32.7 Å². The van der Waals surface area contributed by atoms with Crippen molar-refractivity contribution in [3.05, 3.63) is 57.6 Å². The summed E-state index contributed by atoms with van der Waals surface area (Å²) >= 11 is 12.2. The zero-order valence-electron chi connectivity index (χ0n) is 15.8. The van der Waals surface area contributed by atoms with Gasteiger partial charge in [0.05, 0.1) is 29.3 Å². The number of nitrogens with one attached hydrogen (secondary N) is 2. The molecular weight excluding hydrogens is 403 g/mol. The first kappa shape index (κ1) is 21.9. The number of hydrogen-bond donors (Lipinski definition) is 2. The average Bonchev–Trinajstić information content (AvgIpc) is 2.67. The van der Waals surface area contributed by atoms with Crippen LogP contribution in [0.1, 0.15) is 29.8 Å². The van der Waals surface area contributed by atoms with E-state index in [1.54, 1.807) is 43.3 Å². The van der Waals surface area contributed by atoms with Crippen LogP contribution in [0.25, 0.3) is 0 Å². The van der Waals surface area contributed by atoms with Crippen molar-refractivity contribution >= 4 is 35.0 Å². The maximum absolute atomic E-state index is 12.3. The van der Waals surface area contributed by atoms with Gasteiger partial charge in [-0.2, -0.15) is 0 Å². The number of carbonyl (C=O) groups is 2. The molecule has 0 spiro atoms. The van der Waals surface area contributed by atoms with Crippen LogP contribution in [0.4, 0.5) is 0 Å². The number of carbonyl (C=O) groups excluding carboxylic acids is 2. The maximum atomic E-state index is 12.3. The van der Waals surface area contributed by atoms with Gasteiger partial charge < -0.3 is 20.1 Å². The molecule has 2 rings (SSSR count). The summed E-state index contributed by atoms with van der Waals surface area (Å²) in [4.78, 5) is 24.6. The van der Waals surface area contributed by atoms with Crippen LogP contribution in [-0.2, 0) is 11.3 Å². The highest BCUT2D eigenvalue weighted by atomic mass is 35.5. The van der Waals surface area contributed by atoms with Gasteiger partial charge in [0.25, 0.3) is 5.91 Å². The van der Waals surface area contributed by atoms with Crippen molar-refractivity contribution in [1.29, 1.82) is 0 Å². The Morgan fingerprint density at radius 2 is 1.86 bits per heavy atom. The van der Waals surface area contributed by atoms with Crippen molar-refractivity contribution in [2.45, 2.75) is 26.4 Å². The van der Waals surface area contributed by atoms with E-state index >= 15 is 0 Å². The largest absolute Gasteiger partial charge is 0.493 e. The van der Waals surface area contributed by atoms with Gasteiger partial charge in [-0.3, -0.25) is 9.59 Å². The molecule has 8 heteroatoms. The fraction of sp³-hybridized carbons (Fsp3) is 0.300. The number of benzene rings is 2. The van der Waals surface area contributed by atoms with E-state index in [-0.39, 0.29) is 12.5 Å². The van der Waals surface area contributed by atoms with Crippen molar-refractivity contribution in [3.63, 3.8) is 0 Å². The van der Waals surface area contributed by atoms with Gasteiger partial charge in [0.15, 0.2) is 11.5 Å². The highest BCUT2D eigenvalue weighted by Gasteiger charge is 2.18. The van der Waals surface area contributed by atoms with E-state index in [0.717, 1.165) is 5.56 Å². The standard InChI is InChI=1S/C20H22Cl2N2O4/c1-4-28-18-16(22)9-13(10-17(18)27-3)11-23-19(25)12(2)24-20(26)14-7-5-6-8-15(14)21/h5-10,12H,4,11H2,1-3H3,(H,23,25)(H,24,26). The average molecular weight is 425 g/mol. The molecule has 2 aromatic rings. The Kier molecular flexibility index (Phi) is 7.96. The van der Waals surface area contributed by atoms with Crippen molar-refractivity contribution in [2.75, 3.05) is 13.7 Å². The SMILES string of the molecule is CCOc1c(Cl)cc(CNC(=O)C(C)NC(=O)c2ccccc2Cl)cc1OC. The van der Waals surface area contributed by atoms with Gasteiger partial charge in [-0.25, -0.2) is 0 Å². The van der Waals surface area contributed by atoms with Crippen LogP contribution in [0.3, 0.4) is 0 Å². The summed E-state index contributed by atoms with van der Waals surface area (Å²) < 4.78 is 10.8. The van der Waals surface area contributed by atoms with Crippen molar-refractivity contribution < 1.29 is 19.1 Å². The number of amides is 2. The van der Waals surface area contributed by atoms with E-state index in [1.807, 2.05) is 6.92 Å². The maximum Gasteiger partial charge on any atom is 0.253 e. The van der Waals surface area contributed by atoms with Crippen LogP contribution >= 0.6 is 23.2 Å². The first-order valence-electron chi connectivity index (χ1n) is 8.69. The normalized spacial score (nSPS) is 11.5. The Morgan fingerprint density at radius 3 is 2.50 bits per heavy atom. The van der Waals surface area contributed by atoms with Gasteiger partial charge >= 0.3 is 0 Å². The zero-order chi connectivity index (χ0) is 20.7. The van der Waals surface area contributed by atoms with Crippen LogP contribution in [0, 0.1) is 0 Å². The highest BCUT2D eigenvalue weighted by molar-refractivity contribution is 6.34. The lowest BCUT2D eigenvalue weighted by molar-refractivity contribution is -0.122. The van der Waals surface area contributed by atoms with Crippen molar-refractivity contribution in [3.8, 4) is 11.5 Å². The Hall–Kier alpha value is -2.44. The van der Waals surface area contributed by atoms with Gasteiger partial charge in [-0.05, 0) is 43.7 Å². The summed E-state index contributed by atoms with van der Waals surface area (Å²) in [5.41, 5.74) is 1.05. The summed E-state index contributed by atoms with van der Waals surface area (Å²) in [6, 6.07) is 9.33. The third kappa shape index (κ3) is 5.53. The molecule has 0 radical (unpaired) electrons. The molecule has 2 amide bonds. The van der Waals surface area contributed by atoms with Gasteiger partial charge in [0.2, 0.25) is 5.91 Å². The molecule has 0 heterocycles. The quantitative estimate of drug-likeness (QED) is 0.674. The molecule has 0 saturated heterocycles. The number of halogens is 2. The van der Waals surface area contributed by atoms with E-state index in [2.05, 4.69) is 10.6 Å². The highest BCUT2D eigenvalue weighted by Crippen LogP contribution is 2.36. The lowest BCUT2D eigenvalue weighted by atomic mass is 10.1. The molecule has 2 aromatic carbocycles. The summed E-state index contributed by atoms with van der Waals surface area (Å²) in [5.74, 6) is 0.184. The molecule has 0 bridgehead atoms. The summed E-state index contributed by atoms with van der Waals surface area (Å²) in [6.45, 7) is 4.11. The van der Waals surface area contributed by atoms with Gasteiger partial charge in [-0.15, -0.1) is 0 Å². The van der Waals surface area contributed by atoms with Crippen LogP contribution in [0.15, 0.2) is 36.4 Å². The first-order chi connectivity index (χ1) is 13.4. The molecule has 0 aliphatic heterocycles. The smallest absolute Gasteiger partial charge is 0.253 e. The third-order valence-electron chi connectivity index (χ3n) is 3.90. The second-order valence-electron chi connectivity index (χ2n) is 5.93. The Labute approximate surface area is 174 Å². The Balaban J connectivity index is 1.98. The first-order valence-corrected chi connectivity index (χ1v) is 9.45. The molecule has 0 fully saturated rings. The molecule has 28 heavy (non-hydrogen) atoms. The monoisotopic (exact) mass is 424 g/mol. The van der Waals surface area contributed by atoms with Crippen LogP contribution < -0.4 is 20.1 Å². The molecule has 0 aromatic heterocycles. The minimum Gasteiger partial charge on any atom is -0.493 e. The van der Waals surface area contributed by atoms with Crippen molar-refractivity contribution in [2.24, 2.45) is 0 Å². The van der Waals surface area contributed by atoms with Crippen LogP contribution in [-0.4, -0.2) is 31.6 Å². The summed E-state index contributed by atoms with van der Waals surface area (Å²) in [5, 5.41) is 6.10. The molecular formula is C20H22Cl2N2O4. The van der Waals surface area contributed by atoms with E-state index in [1.165, 1.54) is 7.11 Å². The Bertz CT molecular complexity index is 858. The van der Waals surface area contributed by atoms with Crippen LogP contribution in [0.5, 0.6) is 11.5 Å². The third-order valence-corrected chi connectivity index (χ3v) is 4.51. The minimum absolute atomic E-state index is 0.216. The van der Waals surface area contributed by atoms with Gasteiger partial charge in [0.1, 0.15) is 6.04 Å². The van der Waals surface area contributed by atoms with E-state index in [0.29, 0.717) is 33.7 Å². The molecule has 1 unspecified atom stereocenters.